The Kier molecular flexibility index (Phi) is 4.25. The van der Waals surface area contributed by atoms with E-state index in [4.69, 9.17) is 9.17 Å². The van der Waals surface area contributed by atoms with Gasteiger partial charge in [0.15, 0.2) is 5.82 Å². The number of hydrogen-bond donors (Lipinski definition) is 2. The van der Waals surface area contributed by atoms with Gasteiger partial charge in [-0.15, -0.1) is 15.9 Å². The standard InChI is InChI=1S/C22H28N6O2S/c1-30-31(2,29)26-15-7-10-21(11-8-15)18-13-22(18,21)14-19-23-12-9-20(24-19)28-17-6-4-3-5-16(17)25-27-28/h3-6,9,12,15,18,26,29H,7-8,10-11,13-14H2,1-2H3. The van der Waals surface area contributed by atoms with E-state index in [1.165, 1.54) is 19.3 Å². The molecule has 0 amide bonds. The molecule has 6 rings (SSSR count). The van der Waals surface area contributed by atoms with Crippen molar-refractivity contribution in [3.63, 3.8) is 0 Å². The third-order valence-electron chi connectivity index (χ3n) is 7.97. The smallest absolute Gasteiger partial charge is 0.159 e. The van der Waals surface area contributed by atoms with Crippen molar-refractivity contribution in [3.8, 4) is 5.82 Å². The first kappa shape index (κ1) is 19.6. The first-order chi connectivity index (χ1) is 15.0. The minimum atomic E-state index is -2.13. The molecular formula is C22H28N6O2S. The van der Waals surface area contributed by atoms with Crippen LogP contribution in [0.2, 0.25) is 0 Å². The van der Waals surface area contributed by atoms with Crippen molar-refractivity contribution in [2.24, 2.45) is 16.7 Å². The maximum atomic E-state index is 10.2. The summed E-state index contributed by atoms with van der Waals surface area (Å²) in [5.41, 5.74) is 2.66. The molecule has 2 aromatic heterocycles. The van der Waals surface area contributed by atoms with Crippen molar-refractivity contribution in [3.05, 3.63) is 42.4 Å². The van der Waals surface area contributed by atoms with Gasteiger partial charge < -0.3 is 0 Å². The van der Waals surface area contributed by atoms with Crippen molar-refractivity contribution in [2.45, 2.75) is 44.6 Å². The Labute approximate surface area is 183 Å². The second-order valence-corrected chi connectivity index (χ2v) is 11.6. The monoisotopic (exact) mass is 440 g/mol. The van der Waals surface area contributed by atoms with Crippen LogP contribution in [0, 0.1) is 16.7 Å². The minimum absolute atomic E-state index is 0.341. The maximum absolute atomic E-state index is 10.2. The summed E-state index contributed by atoms with van der Waals surface area (Å²) in [6, 6.07) is 10.2. The SMILES string of the molecule is COS(C)(O)NC1CCC2(CC1)C1CC12Cc1nccc(-n2nnc3ccccc32)n1. The Hall–Kier alpha value is -2.07. The topological polar surface area (TPSA) is 98.0 Å². The van der Waals surface area contributed by atoms with E-state index in [1.54, 1.807) is 18.0 Å². The summed E-state index contributed by atoms with van der Waals surface area (Å²) in [4.78, 5) is 9.46. The van der Waals surface area contributed by atoms with Crippen LogP contribution < -0.4 is 4.72 Å². The summed E-state index contributed by atoms with van der Waals surface area (Å²) in [6.07, 6.45) is 10.4. The molecule has 1 spiro atoms. The predicted octanol–water partition coefficient (Wildman–Crippen LogP) is 3.68. The van der Waals surface area contributed by atoms with Crippen LogP contribution >= 0.6 is 10.8 Å². The van der Waals surface area contributed by atoms with Crippen LogP contribution in [0.25, 0.3) is 16.9 Å². The number of para-hydroxylation sites is 1. The molecule has 0 aliphatic heterocycles. The first-order valence-corrected chi connectivity index (χ1v) is 12.9. The van der Waals surface area contributed by atoms with Crippen LogP contribution in [0.3, 0.4) is 0 Å². The Morgan fingerprint density at radius 3 is 2.84 bits per heavy atom. The zero-order chi connectivity index (χ0) is 21.3. The Bertz CT molecular complexity index is 1140. The number of hydrogen-bond acceptors (Lipinski definition) is 7. The van der Waals surface area contributed by atoms with E-state index >= 15 is 0 Å². The number of fused-ring (bicyclic) bond motifs is 4. The lowest BCUT2D eigenvalue weighted by molar-refractivity contribution is 0.181. The van der Waals surface area contributed by atoms with Crippen LogP contribution in [-0.4, -0.2) is 48.9 Å². The number of aromatic nitrogens is 5. The van der Waals surface area contributed by atoms with Gasteiger partial charge in [0.25, 0.3) is 0 Å². The summed E-state index contributed by atoms with van der Waals surface area (Å²) >= 11 is 0. The van der Waals surface area contributed by atoms with Gasteiger partial charge in [-0.05, 0) is 61.0 Å². The van der Waals surface area contributed by atoms with Crippen LogP contribution in [-0.2, 0) is 10.6 Å². The average molecular weight is 441 g/mol. The van der Waals surface area contributed by atoms with E-state index in [0.29, 0.717) is 16.9 Å². The highest BCUT2D eigenvalue weighted by Crippen LogP contribution is 2.92. The molecule has 9 heteroatoms. The molecule has 3 fully saturated rings. The lowest BCUT2D eigenvalue weighted by Crippen LogP contribution is -2.38. The highest BCUT2D eigenvalue weighted by atomic mass is 32.3. The fourth-order valence-corrected chi connectivity index (χ4v) is 7.10. The molecular weight excluding hydrogens is 412 g/mol. The molecule has 8 nitrogen and oxygen atoms in total. The summed E-state index contributed by atoms with van der Waals surface area (Å²) in [7, 11) is -0.564. The lowest BCUT2D eigenvalue weighted by Gasteiger charge is -2.41. The van der Waals surface area contributed by atoms with E-state index in [1.807, 2.05) is 36.5 Å². The lowest BCUT2D eigenvalue weighted by atomic mass is 9.73. The molecule has 2 N–H and O–H groups in total. The van der Waals surface area contributed by atoms with E-state index in [0.717, 1.165) is 47.9 Å². The molecule has 3 aliphatic rings. The van der Waals surface area contributed by atoms with Gasteiger partial charge in [-0.3, -0.25) is 8.74 Å². The molecule has 164 valence electrons. The number of rotatable bonds is 6. The predicted molar refractivity (Wildman–Crippen MR) is 120 cm³/mol. The molecule has 31 heavy (non-hydrogen) atoms. The zero-order valence-corrected chi connectivity index (χ0v) is 18.7. The van der Waals surface area contributed by atoms with Gasteiger partial charge in [0.1, 0.15) is 11.3 Å². The Morgan fingerprint density at radius 2 is 2.06 bits per heavy atom. The first-order valence-electron chi connectivity index (χ1n) is 10.9. The van der Waals surface area contributed by atoms with Gasteiger partial charge in [0.2, 0.25) is 0 Å². The molecule has 3 atom stereocenters. The molecule has 1 aromatic carbocycles. The Morgan fingerprint density at radius 1 is 1.26 bits per heavy atom. The fraction of sp³-hybridized carbons (Fsp3) is 0.545. The van der Waals surface area contributed by atoms with Crippen LogP contribution in [0.1, 0.15) is 37.9 Å². The molecule has 3 unspecified atom stereocenters. The molecule has 0 saturated heterocycles. The van der Waals surface area contributed by atoms with Crippen molar-refractivity contribution >= 4 is 21.8 Å². The van der Waals surface area contributed by atoms with Crippen molar-refractivity contribution in [2.75, 3.05) is 13.4 Å². The van der Waals surface area contributed by atoms with Crippen LogP contribution in [0.5, 0.6) is 0 Å². The minimum Gasteiger partial charge on any atom is -0.286 e. The second-order valence-electron chi connectivity index (χ2n) is 9.43. The highest BCUT2D eigenvalue weighted by Gasteiger charge is 2.87. The van der Waals surface area contributed by atoms with E-state index in [9.17, 15) is 4.55 Å². The second kappa shape index (κ2) is 6.71. The third kappa shape index (κ3) is 3.01. The quantitative estimate of drug-likeness (QED) is 0.603. The normalized spacial score (nSPS) is 34.3. The van der Waals surface area contributed by atoms with Gasteiger partial charge in [-0.1, -0.05) is 17.3 Å². The average Bonchev–Trinajstić information content (AvgIpc) is 3.55. The molecule has 0 radical (unpaired) electrons. The summed E-state index contributed by atoms with van der Waals surface area (Å²) in [6.45, 7) is 0. The molecule has 3 aromatic rings. The molecule has 2 heterocycles. The third-order valence-corrected chi connectivity index (χ3v) is 9.39. The number of benzene rings is 1. The summed E-state index contributed by atoms with van der Waals surface area (Å²) < 4.78 is 20.5. The van der Waals surface area contributed by atoms with Gasteiger partial charge in [0, 0.05) is 31.0 Å². The van der Waals surface area contributed by atoms with Gasteiger partial charge in [-0.25, -0.2) is 14.7 Å². The van der Waals surface area contributed by atoms with E-state index < -0.39 is 10.8 Å². The Balaban J connectivity index is 1.16. The van der Waals surface area contributed by atoms with E-state index in [-0.39, 0.29) is 0 Å². The molecule has 0 bridgehead atoms. The molecule has 3 saturated carbocycles. The largest absolute Gasteiger partial charge is 0.286 e. The van der Waals surface area contributed by atoms with Crippen LogP contribution in [0.15, 0.2) is 36.5 Å². The van der Waals surface area contributed by atoms with Gasteiger partial charge in [0.05, 0.1) is 12.6 Å². The van der Waals surface area contributed by atoms with Crippen LogP contribution in [0.4, 0.5) is 0 Å². The van der Waals surface area contributed by atoms with Crippen molar-refractivity contribution in [1.82, 2.24) is 29.7 Å². The zero-order valence-electron chi connectivity index (χ0n) is 17.9. The number of nitrogens with one attached hydrogen (secondary N) is 1. The highest BCUT2D eigenvalue weighted by molar-refractivity contribution is 8.22. The molecule has 3 aliphatic carbocycles. The van der Waals surface area contributed by atoms with Gasteiger partial charge in [-0.2, -0.15) is 4.68 Å². The number of nitrogens with zero attached hydrogens (tertiary/aromatic N) is 5. The fourth-order valence-electron chi connectivity index (χ4n) is 6.15. The summed E-state index contributed by atoms with van der Waals surface area (Å²) in [5, 5.41) is 8.55. The van der Waals surface area contributed by atoms with Crippen molar-refractivity contribution < 1.29 is 8.74 Å². The maximum Gasteiger partial charge on any atom is 0.159 e. The van der Waals surface area contributed by atoms with Crippen molar-refractivity contribution in [1.29, 1.82) is 0 Å². The van der Waals surface area contributed by atoms with E-state index in [2.05, 4.69) is 20.0 Å². The summed E-state index contributed by atoms with van der Waals surface area (Å²) in [5.74, 6) is 2.50. The van der Waals surface area contributed by atoms with Gasteiger partial charge >= 0.3 is 0 Å².